The molecule has 6 heteroatoms. The minimum absolute atomic E-state index is 0.396. The molecule has 0 saturated carbocycles. The number of aliphatic hydroxyl groups is 2. The maximum atomic E-state index is 10.8. The van der Waals surface area contributed by atoms with E-state index in [4.69, 9.17) is 23.2 Å². The lowest BCUT2D eigenvalue weighted by molar-refractivity contribution is 0.0772. The Balaban J connectivity index is 1.97. The van der Waals surface area contributed by atoms with Crippen LogP contribution in [0.3, 0.4) is 0 Å². The number of para-hydroxylation sites is 1. The van der Waals surface area contributed by atoms with Crippen LogP contribution in [-0.2, 0) is 5.41 Å². The third kappa shape index (κ3) is 2.48. The van der Waals surface area contributed by atoms with Crippen molar-refractivity contribution < 1.29 is 10.2 Å². The molecule has 2 aromatic carbocycles. The van der Waals surface area contributed by atoms with Crippen LogP contribution in [0.25, 0.3) is 10.9 Å². The molecule has 2 heterocycles. The Morgan fingerprint density at radius 1 is 1.08 bits per heavy atom. The number of aromatic nitrogens is 1. The standard InChI is InChI=1S/C20H20Cl2N2O2/c1-10-16(12-5-3-4-6-15(12)23-10)17-18(25)24-19(26)20(17,2)13-8-7-11(21)9-14(13)22/h3-9,17-19,23-26H,1-2H3. The zero-order valence-corrected chi connectivity index (χ0v) is 15.9. The van der Waals surface area contributed by atoms with Crippen molar-refractivity contribution in [3.8, 4) is 0 Å². The summed E-state index contributed by atoms with van der Waals surface area (Å²) >= 11 is 12.5. The molecule has 1 fully saturated rings. The minimum Gasteiger partial charge on any atom is -0.378 e. The topological polar surface area (TPSA) is 68.3 Å². The molecule has 136 valence electrons. The number of aromatic amines is 1. The minimum atomic E-state index is -0.964. The number of aryl methyl sites for hydroxylation is 1. The predicted molar refractivity (Wildman–Crippen MR) is 105 cm³/mol. The molecule has 4 nitrogen and oxygen atoms in total. The Morgan fingerprint density at radius 3 is 2.54 bits per heavy atom. The Labute approximate surface area is 161 Å². The predicted octanol–water partition coefficient (Wildman–Crippen LogP) is 4.06. The molecule has 1 aliphatic heterocycles. The van der Waals surface area contributed by atoms with E-state index in [2.05, 4.69) is 10.3 Å². The van der Waals surface area contributed by atoms with Gasteiger partial charge in [0, 0.05) is 38.0 Å². The number of halogens is 2. The summed E-state index contributed by atoms with van der Waals surface area (Å²) in [6.07, 6.45) is -1.88. The largest absolute Gasteiger partial charge is 0.378 e. The Bertz CT molecular complexity index is 987. The number of aliphatic hydroxyl groups excluding tert-OH is 2. The number of hydrogen-bond acceptors (Lipinski definition) is 3. The van der Waals surface area contributed by atoms with Crippen molar-refractivity contribution in [2.24, 2.45) is 0 Å². The van der Waals surface area contributed by atoms with E-state index < -0.39 is 23.8 Å². The molecule has 3 aromatic rings. The van der Waals surface area contributed by atoms with Gasteiger partial charge in [-0.1, -0.05) is 54.4 Å². The Kier molecular flexibility index (Phi) is 4.29. The lowest BCUT2D eigenvalue weighted by Gasteiger charge is -2.35. The third-order valence-electron chi connectivity index (χ3n) is 5.62. The molecule has 0 amide bonds. The van der Waals surface area contributed by atoms with E-state index in [9.17, 15) is 10.2 Å². The van der Waals surface area contributed by atoms with E-state index >= 15 is 0 Å². The van der Waals surface area contributed by atoms with Crippen LogP contribution < -0.4 is 5.32 Å². The molecule has 4 rings (SSSR count). The highest BCUT2D eigenvalue weighted by Crippen LogP contribution is 2.51. The van der Waals surface area contributed by atoms with Gasteiger partial charge in [0.1, 0.15) is 12.5 Å². The fourth-order valence-corrected chi connectivity index (χ4v) is 4.94. The monoisotopic (exact) mass is 390 g/mol. The van der Waals surface area contributed by atoms with E-state index in [1.165, 1.54) is 0 Å². The number of hydrogen-bond donors (Lipinski definition) is 4. The van der Waals surface area contributed by atoms with Gasteiger partial charge >= 0.3 is 0 Å². The van der Waals surface area contributed by atoms with Crippen molar-refractivity contribution in [2.75, 3.05) is 0 Å². The highest BCUT2D eigenvalue weighted by Gasteiger charge is 2.54. The van der Waals surface area contributed by atoms with Crippen LogP contribution in [0.15, 0.2) is 42.5 Å². The lowest BCUT2D eigenvalue weighted by atomic mass is 9.69. The summed E-state index contributed by atoms with van der Waals surface area (Å²) in [4.78, 5) is 3.38. The van der Waals surface area contributed by atoms with Crippen LogP contribution >= 0.6 is 23.2 Å². The first-order valence-electron chi connectivity index (χ1n) is 8.49. The molecule has 4 atom stereocenters. The first-order chi connectivity index (χ1) is 12.3. The maximum absolute atomic E-state index is 10.8. The van der Waals surface area contributed by atoms with E-state index in [1.807, 2.05) is 44.2 Å². The second-order valence-electron chi connectivity index (χ2n) is 7.11. The third-order valence-corrected chi connectivity index (χ3v) is 6.17. The van der Waals surface area contributed by atoms with Gasteiger partial charge in [-0.2, -0.15) is 0 Å². The summed E-state index contributed by atoms with van der Waals surface area (Å²) in [5.41, 5.74) is 2.85. The fourth-order valence-electron chi connectivity index (χ4n) is 4.33. The van der Waals surface area contributed by atoms with Crippen molar-refractivity contribution in [3.05, 3.63) is 69.3 Å². The summed E-state index contributed by atoms with van der Waals surface area (Å²) < 4.78 is 0. The first kappa shape index (κ1) is 17.8. The molecule has 0 aliphatic carbocycles. The van der Waals surface area contributed by atoms with Gasteiger partial charge in [-0.15, -0.1) is 0 Å². The summed E-state index contributed by atoms with van der Waals surface area (Å²) in [5, 5.41) is 26.5. The summed E-state index contributed by atoms with van der Waals surface area (Å²) in [7, 11) is 0. The van der Waals surface area contributed by atoms with E-state index in [0.717, 1.165) is 27.7 Å². The van der Waals surface area contributed by atoms with Gasteiger partial charge in [-0.05, 0) is 36.2 Å². The van der Waals surface area contributed by atoms with Gasteiger partial charge in [0.05, 0.1) is 0 Å². The van der Waals surface area contributed by atoms with Crippen LogP contribution in [0.5, 0.6) is 0 Å². The summed E-state index contributed by atoms with van der Waals surface area (Å²) in [5.74, 6) is -0.396. The zero-order valence-electron chi connectivity index (χ0n) is 14.4. The van der Waals surface area contributed by atoms with Crippen LogP contribution in [0.2, 0.25) is 10.0 Å². The maximum Gasteiger partial charge on any atom is 0.117 e. The first-order valence-corrected chi connectivity index (χ1v) is 9.24. The number of nitrogens with one attached hydrogen (secondary N) is 2. The number of benzene rings is 2. The second-order valence-corrected chi connectivity index (χ2v) is 7.95. The average Bonchev–Trinajstić information content (AvgIpc) is 3.01. The summed E-state index contributed by atoms with van der Waals surface area (Å²) in [6, 6.07) is 13.2. The van der Waals surface area contributed by atoms with Crippen LogP contribution in [0.4, 0.5) is 0 Å². The molecule has 1 aromatic heterocycles. The van der Waals surface area contributed by atoms with Gasteiger partial charge < -0.3 is 15.2 Å². The Morgan fingerprint density at radius 2 is 1.81 bits per heavy atom. The van der Waals surface area contributed by atoms with Crippen molar-refractivity contribution in [3.63, 3.8) is 0 Å². The highest BCUT2D eigenvalue weighted by molar-refractivity contribution is 6.35. The smallest absolute Gasteiger partial charge is 0.117 e. The molecular formula is C20H20Cl2N2O2. The fraction of sp³-hybridized carbons (Fsp3) is 0.300. The van der Waals surface area contributed by atoms with E-state index in [0.29, 0.717) is 10.0 Å². The molecule has 0 bridgehead atoms. The van der Waals surface area contributed by atoms with Crippen LogP contribution in [0, 0.1) is 6.92 Å². The number of fused-ring (bicyclic) bond motifs is 1. The van der Waals surface area contributed by atoms with Crippen molar-refractivity contribution >= 4 is 34.1 Å². The molecule has 26 heavy (non-hydrogen) atoms. The van der Waals surface area contributed by atoms with Gasteiger partial charge in [0.2, 0.25) is 0 Å². The van der Waals surface area contributed by atoms with Gasteiger partial charge in [-0.25, -0.2) is 0 Å². The van der Waals surface area contributed by atoms with Crippen molar-refractivity contribution in [2.45, 2.75) is 37.6 Å². The SMILES string of the molecule is Cc1[nH]c2ccccc2c1C1C(O)NC(O)C1(C)c1ccc(Cl)cc1Cl. The molecule has 0 spiro atoms. The zero-order chi connectivity index (χ0) is 18.6. The number of H-pyrrole nitrogens is 1. The van der Waals surface area contributed by atoms with Crippen molar-refractivity contribution in [1.29, 1.82) is 0 Å². The molecule has 1 saturated heterocycles. The number of rotatable bonds is 2. The quantitative estimate of drug-likeness (QED) is 0.533. The molecular weight excluding hydrogens is 371 g/mol. The van der Waals surface area contributed by atoms with Gasteiger partial charge in [-0.3, -0.25) is 5.32 Å². The van der Waals surface area contributed by atoms with Gasteiger partial charge in [0.25, 0.3) is 0 Å². The van der Waals surface area contributed by atoms with E-state index in [-0.39, 0.29) is 0 Å². The normalized spacial score (nSPS) is 28.8. The average molecular weight is 391 g/mol. The molecule has 4 unspecified atom stereocenters. The van der Waals surface area contributed by atoms with Crippen LogP contribution in [0.1, 0.15) is 29.7 Å². The van der Waals surface area contributed by atoms with Crippen molar-refractivity contribution in [1.82, 2.24) is 10.3 Å². The molecule has 1 aliphatic rings. The second kappa shape index (κ2) is 6.25. The molecule has 4 N–H and O–H groups in total. The van der Waals surface area contributed by atoms with Gasteiger partial charge in [0.15, 0.2) is 0 Å². The Hall–Kier alpha value is -1.56. The molecule has 0 radical (unpaired) electrons. The van der Waals surface area contributed by atoms with E-state index in [1.54, 1.807) is 12.1 Å². The summed E-state index contributed by atoms with van der Waals surface area (Å²) in [6.45, 7) is 3.90. The highest BCUT2D eigenvalue weighted by atomic mass is 35.5. The lowest BCUT2D eigenvalue weighted by Crippen LogP contribution is -2.40. The van der Waals surface area contributed by atoms with Crippen LogP contribution in [-0.4, -0.2) is 27.7 Å².